The van der Waals surface area contributed by atoms with Crippen LogP contribution in [0, 0.1) is 0 Å². The fourth-order valence-corrected chi connectivity index (χ4v) is 3.23. The second kappa shape index (κ2) is 11.2. The van der Waals surface area contributed by atoms with Gasteiger partial charge in [-0.25, -0.2) is 4.79 Å². The van der Waals surface area contributed by atoms with Gasteiger partial charge in [0, 0.05) is 30.0 Å². The van der Waals surface area contributed by atoms with Crippen LogP contribution in [0.15, 0.2) is 78.9 Å². The van der Waals surface area contributed by atoms with E-state index in [2.05, 4.69) is 10.6 Å². The Bertz CT molecular complexity index is 1120. The molecule has 0 fully saturated rings. The third kappa shape index (κ3) is 6.74. The highest BCUT2D eigenvalue weighted by molar-refractivity contribution is 6.01. The SMILES string of the molecule is COc1cccc(C(=O)NCCCN(C(=O)Nc2cccc(C(F)(F)F)c2)c2ccccc2)c1. The first-order valence-corrected chi connectivity index (χ1v) is 10.5. The van der Waals surface area contributed by atoms with E-state index in [0.29, 0.717) is 23.4 Å². The monoisotopic (exact) mass is 471 g/mol. The molecule has 34 heavy (non-hydrogen) atoms. The molecule has 6 nitrogen and oxygen atoms in total. The van der Waals surface area contributed by atoms with Crippen LogP contribution in [0.25, 0.3) is 0 Å². The van der Waals surface area contributed by atoms with Crippen LogP contribution in [0.3, 0.4) is 0 Å². The molecule has 3 amide bonds. The summed E-state index contributed by atoms with van der Waals surface area (Å²) in [6, 6.07) is 19.3. The Labute approximate surface area is 195 Å². The van der Waals surface area contributed by atoms with Crippen molar-refractivity contribution >= 4 is 23.3 Å². The Balaban J connectivity index is 1.64. The van der Waals surface area contributed by atoms with Crippen molar-refractivity contribution in [1.82, 2.24) is 5.32 Å². The lowest BCUT2D eigenvalue weighted by Gasteiger charge is -2.23. The lowest BCUT2D eigenvalue weighted by molar-refractivity contribution is -0.137. The summed E-state index contributed by atoms with van der Waals surface area (Å²) in [5, 5.41) is 5.32. The van der Waals surface area contributed by atoms with Crippen LogP contribution in [-0.2, 0) is 6.18 Å². The van der Waals surface area contributed by atoms with Gasteiger partial charge in [-0.15, -0.1) is 0 Å². The Morgan fingerprint density at radius 2 is 1.68 bits per heavy atom. The predicted molar refractivity (Wildman–Crippen MR) is 124 cm³/mol. The average molecular weight is 471 g/mol. The fourth-order valence-electron chi connectivity index (χ4n) is 3.23. The number of halogens is 3. The smallest absolute Gasteiger partial charge is 0.416 e. The number of ether oxygens (including phenoxy) is 1. The minimum absolute atomic E-state index is 0.0343. The lowest BCUT2D eigenvalue weighted by atomic mass is 10.2. The van der Waals surface area contributed by atoms with Crippen molar-refractivity contribution in [2.75, 3.05) is 30.4 Å². The first-order chi connectivity index (χ1) is 16.3. The second-order valence-corrected chi connectivity index (χ2v) is 7.34. The molecular formula is C25H24F3N3O3. The van der Waals surface area contributed by atoms with Crippen LogP contribution in [0.1, 0.15) is 22.3 Å². The third-order valence-electron chi connectivity index (χ3n) is 4.93. The number of alkyl halides is 3. The van der Waals surface area contributed by atoms with Gasteiger partial charge in [0.2, 0.25) is 0 Å². The first kappa shape index (κ1) is 24.6. The summed E-state index contributed by atoms with van der Waals surface area (Å²) in [6.07, 6.45) is -4.10. The van der Waals surface area contributed by atoms with E-state index in [1.807, 2.05) is 0 Å². The van der Waals surface area contributed by atoms with Crippen molar-refractivity contribution in [3.05, 3.63) is 90.0 Å². The van der Waals surface area contributed by atoms with Crippen molar-refractivity contribution in [2.24, 2.45) is 0 Å². The second-order valence-electron chi connectivity index (χ2n) is 7.34. The molecule has 0 unspecified atom stereocenters. The van der Waals surface area contributed by atoms with Crippen molar-refractivity contribution < 1.29 is 27.5 Å². The molecule has 2 N–H and O–H groups in total. The number of carbonyl (C=O) groups is 2. The molecule has 0 radical (unpaired) electrons. The van der Waals surface area contributed by atoms with E-state index >= 15 is 0 Å². The zero-order chi connectivity index (χ0) is 24.6. The van der Waals surface area contributed by atoms with E-state index in [1.54, 1.807) is 54.6 Å². The quantitative estimate of drug-likeness (QED) is 0.422. The van der Waals surface area contributed by atoms with E-state index < -0.39 is 17.8 Å². The maximum atomic E-state index is 13.0. The van der Waals surface area contributed by atoms with Crippen LogP contribution in [0.5, 0.6) is 5.75 Å². The van der Waals surface area contributed by atoms with Gasteiger partial charge < -0.3 is 15.4 Å². The molecule has 0 saturated carbocycles. The van der Waals surface area contributed by atoms with Gasteiger partial charge in [-0.3, -0.25) is 9.69 Å². The molecule has 0 saturated heterocycles. The maximum absolute atomic E-state index is 13.0. The molecule has 0 spiro atoms. The highest BCUT2D eigenvalue weighted by Crippen LogP contribution is 2.30. The molecule has 0 aliphatic rings. The number of benzene rings is 3. The fraction of sp³-hybridized carbons (Fsp3) is 0.200. The Hall–Kier alpha value is -4.01. The van der Waals surface area contributed by atoms with Gasteiger partial charge in [-0.2, -0.15) is 13.2 Å². The molecule has 3 aromatic carbocycles. The first-order valence-electron chi connectivity index (χ1n) is 10.5. The molecule has 0 heterocycles. The van der Waals surface area contributed by atoms with Gasteiger partial charge in [-0.05, 0) is 55.0 Å². The van der Waals surface area contributed by atoms with Gasteiger partial charge in [-0.1, -0.05) is 30.3 Å². The largest absolute Gasteiger partial charge is 0.497 e. The number of carbonyl (C=O) groups excluding carboxylic acids is 2. The summed E-state index contributed by atoms with van der Waals surface area (Å²) in [6.45, 7) is 0.517. The number of amides is 3. The summed E-state index contributed by atoms with van der Waals surface area (Å²) in [5.74, 6) is 0.285. The molecule has 3 aromatic rings. The van der Waals surface area contributed by atoms with Crippen molar-refractivity contribution in [3.63, 3.8) is 0 Å². The van der Waals surface area contributed by atoms with Crippen LogP contribution < -0.4 is 20.3 Å². The molecular weight excluding hydrogens is 447 g/mol. The zero-order valence-corrected chi connectivity index (χ0v) is 18.4. The summed E-state index contributed by atoms with van der Waals surface area (Å²) >= 11 is 0. The van der Waals surface area contributed by atoms with E-state index in [0.717, 1.165) is 12.1 Å². The van der Waals surface area contributed by atoms with Crippen LogP contribution >= 0.6 is 0 Å². The Morgan fingerprint density at radius 1 is 0.941 bits per heavy atom. The Kier molecular flexibility index (Phi) is 8.13. The summed E-state index contributed by atoms with van der Waals surface area (Å²) in [4.78, 5) is 26.7. The number of para-hydroxylation sites is 1. The topological polar surface area (TPSA) is 70.7 Å². The van der Waals surface area contributed by atoms with Crippen LogP contribution in [0.2, 0.25) is 0 Å². The molecule has 0 atom stereocenters. The lowest BCUT2D eigenvalue weighted by Crippen LogP contribution is -2.37. The van der Waals surface area contributed by atoms with Gasteiger partial charge in [0.15, 0.2) is 0 Å². The molecule has 0 aliphatic carbocycles. The number of rotatable bonds is 8. The van der Waals surface area contributed by atoms with E-state index in [-0.39, 0.29) is 24.7 Å². The summed E-state index contributed by atoms with van der Waals surface area (Å²) < 4.78 is 44.1. The van der Waals surface area contributed by atoms with E-state index in [9.17, 15) is 22.8 Å². The minimum atomic E-state index is -4.51. The van der Waals surface area contributed by atoms with Gasteiger partial charge in [0.25, 0.3) is 5.91 Å². The van der Waals surface area contributed by atoms with Crippen molar-refractivity contribution in [3.8, 4) is 5.75 Å². The highest BCUT2D eigenvalue weighted by atomic mass is 19.4. The molecule has 0 aromatic heterocycles. The Morgan fingerprint density at radius 3 is 2.38 bits per heavy atom. The van der Waals surface area contributed by atoms with Crippen molar-refractivity contribution in [2.45, 2.75) is 12.6 Å². The third-order valence-corrected chi connectivity index (χ3v) is 4.93. The summed E-state index contributed by atoms with van der Waals surface area (Å²) in [5.41, 5.74) is 0.205. The summed E-state index contributed by atoms with van der Waals surface area (Å²) in [7, 11) is 1.51. The van der Waals surface area contributed by atoms with Crippen LogP contribution in [-0.4, -0.2) is 32.1 Å². The molecule has 3 rings (SSSR count). The standard InChI is InChI=1S/C25H24F3N3O3/c1-34-22-13-5-8-18(16-22)23(32)29-14-7-15-31(21-11-3-2-4-12-21)24(33)30-20-10-6-9-19(17-20)25(26,27)28/h2-6,8-13,16-17H,7,14-15H2,1H3,(H,29,32)(H,30,33). The number of anilines is 2. The number of hydrogen-bond acceptors (Lipinski definition) is 3. The average Bonchev–Trinajstić information content (AvgIpc) is 2.84. The number of urea groups is 1. The van der Waals surface area contributed by atoms with Crippen LogP contribution in [0.4, 0.5) is 29.3 Å². The predicted octanol–water partition coefficient (Wildman–Crippen LogP) is 5.57. The van der Waals surface area contributed by atoms with Crippen molar-refractivity contribution in [1.29, 1.82) is 0 Å². The van der Waals surface area contributed by atoms with Gasteiger partial charge in [0.05, 0.1) is 12.7 Å². The van der Waals surface area contributed by atoms with Gasteiger partial charge in [0.1, 0.15) is 5.75 Å². The minimum Gasteiger partial charge on any atom is -0.497 e. The van der Waals surface area contributed by atoms with Gasteiger partial charge >= 0.3 is 12.2 Å². The molecule has 0 aliphatic heterocycles. The number of nitrogens with zero attached hydrogens (tertiary/aromatic N) is 1. The zero-order valence-electron chi connectivity index (χ0n) is 18.4. The number of hydrogen-bond donors (Lipinski definition) is 2. The normalized spacial score (nSPS) is 10.9. The molecule has 9 heteroatoms. The number of nitrogens with one attached hydrogen (secondary N) is 2. The highest BCUT2D eigenvalue weighted by Gasteiger charge is 2.30. The molecule has 178 valence electrons. The van der Waals surface area contributed by atoms with E-state index in [4.69, 9.17) is 4.74 Å². The molecule has 0 bridgehead atoms. The van der Waals surface area contributed by atoms with E-state index in [1.165, 1.54) is 24.1 Å². The maximum Gasteiger partial charge on any atom is 0.416 e. The number of methoxy groups -OCH3 is 1.